The summed E-state index contributed by atoms with van der Waals surface area (Å²) in [4.78, 5) is 11.8. The molecule has 2 rings (SSSR count). The SMILES string of the molecule is O=C(COc1ccccc1OCC(F)(F)F)NCC1CCCNC1. The van der Waals surface area contributed by atoms with Crippen LogP contribution in [0.25, 0.3) is 0 Å². The van der Waals surface area contributed by atoms with Crippen molar-refractivity contribution in [1.29, 1.82) is 0 Å². The molecule has 0 spiro atoms. The van der Waals surface area contributed by atoms with E-state index in [-0.39, 0.29) is 24.0 Å². The number of hydrogen-bond acceptors (Lipinski definition) is 4. The molecule has 2 N–H and O–H groups in total. The van der Waals surface area contributed by atoms with E-state index in [9.17, 15) is 18.0 Å². The summed E-state index contributed by atoms with van der Waals surface area (Å²) in [6.45, 7) is 0.750. The van der Waals surface area contributed by atoms with E-state index in [1.807, 2.05) is 0 Å². The maximum atomic E-state index is 12.2. The van der Waals surface area contributed by atoms with Crippen LogP contribution < -0.4 is 20.1 Å². The van der Waals surface area contributed by atoms with Gasteiger partial charge in [0.05, 0.1) is 0 Å². The molecule has 1 aliphatic heterocycles. The molecule has 5 nitrogen and oxygen atoms in total. The van der Waals surface area contributed by atoms with Crippen molar-refractivity contribution >= 4 is 5.91 Å². The van der Waals surface area contributed by atoms with Gasteiger partial charge in [0.15, 0.2) is 24.7 Å². The fourth-order valence-electron chi connectivity index (χ4n) is 2.40. The number of alkyl halides is 3. The number of piperidine rings is 1. The number of rotatable bonds is 7. The summed E-state index contributed by atoms with van der Waals surface area (Å²) in [7, 11) is 0. The molecule has 0 saturated carbocycles. The van der Waals surface area contributed by atoms with Gasteiger partial charge >= 0.3 is 6.18 Å². The van der Waals surface area contributed by atoms with E-state index in [2.05, 4.69) is 10.6 Å². The molecular weight excluding hydrogens is 325 g/mol. The molecule has 1 unspecified atom stereocenters. The van der Waals surface area contributed by atoms with Crippen LogP contribution in [-0.2, 0) is 4.79 Å². The molecule has 0 bridgehead atoms. The van der Waals surface area contributed by atoms with E-state index in [4.69, 9.17) is 9.47 Å². The van der Waals surface area contributed by atoms with Crippen molar-refractivity contribution in [3.63, 3.8) is 0 Å². The van der Waals surface area contributed by atoms with E-state index in [0.29, 0.717) is 12.5 Å². The van der Waals surface area contributed by atoms with Crippen LogP contribution in [0.2, 0.25) is 0 Å². The molecule has 1 heterocycles. The zero-order chi connectivity index (χ0) is 17.4. The van der Waals surface area contributed by atoms with Crippen molar-refractivity contribution < 1.29 is 27.4 Å². The van der Waals surface area contributed by atoms with Gasteiger partial charge in [0.1, 0.15) is 0 Å². The second-order valence-corrected chi connectivity index (χ2v) is 5.66. The number of benzene rings is 1. The number of hydrogen-bond donors (Lipinski definition) is 2. The molecule has 0 radical (unpaired) electrons. The van der Waals surface area contributed by atoms with E-state index in [0.717, 1.165) is 25.9 Å². The lowest BCUT2D eigenvalue weighted by Gasteiger charge is -2.22. The first kappa shape index (κ1) is 18.4. The highest BCUT2D eigenvalue weighted by Crippen LogP contribution is 2.28. The van der Waals surface area contributed by atoms with E-state index in [1.165, 1.54) is 18.2 Å². The summed E-state index contributed by atoms with van der Waals surface area (Å²) in [5.41, 5.74) is 0. The molecule has 1 aromatic carbocycles. The number of halogens is 3. The minimum Gasteiger partial charge on any atom is -0.480 e. The van der Waals surface area contributed by atoms with Crippen LogP contribution in [0.15, 0.2) is 24.3 Å². The zero-order valence-electron chi connectivity index (χ0n) is 13.2. The third-order valence-corrected chi connectivity index (χ3v) is 3.59. The molecule has 134 valence electrons. The minimum atomic E-state index is -4.43. The van der Waals surface area contributed by atoms with Gasteiger partial charge in [-0.25, -0.2) is 0 Å². The van der Waals surface area contributed by atoms with Crippen molar-refractivity contribution in [3.05, 3.63) is 24.3 Å². The minimum absolute atomic E-state index is 0.0425. The maximum absolute atomic E-state index is 12.2. The lowest BCUT2D eigenvalue weighted by Crippen LogP contribution is -2.39. The predicted octanol–water partition coefficient (Wildman–Crippen LogP) is 2.12. The maximum Gasteiger partial charge on any atom is 0.422 e. The normalized spacial score (nSPS) is 18.0. The van der Waals surface area contributed by atoms with E-state index >= 15 is 0 Å². The third-order valence-electron chi connectivity index (χ3n) is 3.59. The quantitative estimate of drug-likeness (QED) is 0.794. The molecule has 0 aliphatic carbocycles. The Kier molecular flexibility index (Phi) is 6.72. The molecule has 0 aromatic heterocycles. The number of amides is 1. The van der Waals surface area contributed by atoms with Crippen molar-refractivity contribution in [1.82, 2.24) is 10.6 Å². The first-order valence-corrected chi connectivity index (χ1v) is 7.83. The van der Waals surface area contributed by atoms with E-state index in [1.54, 1.807) is 6.07 Å². The van der Waals surface area contributed by atoms with Crippen LogP contribution in [0.1, 0.15) is 12.8 Å². The predicted molar refractivity (Wildman–Crippen MR) is 82.1 cm³/mol. The summed E-state index contributed by atoms with van der Waals surface area (Å²) in [6.07, 6.45) is -2.29. The van der Waals surface area contributed by atoms with E-state index < -0.39 is 12.8 Å². The number of ether oxygens (including phenoxy) is 2. The van der Waals surface area contributed by atoms with Crippen LogP contribution in [0.5, 0.6) is 11.5 Å². The number of nitrogens with one attached hydrogen (secondary N) is 2. The number of para-hydroxylation sites is 2. The van der Waals surface area contributed by atoms with Gasteiger partial charge < -0.3 is 20.1 Å². The third kappa shape index (κ3) is 6.66. The van der Waals surface area contributed by atoms with Gasteiger partial charge in [-0.15, -0.1) is 0 Å². The van der Waals surface area contributed by atoms with Crippen LogP contribution in [0.3, 0.4) is 0 Å². The topological polar surface area (TPSA) is 59.6 Å². The van der Waals surface area contributed by atoms with Gasteiger partial charge in [-0.1, -0.05) is 12.1 Å². The summed E-state index contributed by atoms with van der Waals surface area (Å²) in [6, 6.07) is 5.97. The highest BCUT2D eigenvalue weighted by atomic mass is 19.4. The van der Waals surface area contributed by atoms with Gasteiger partial charge in [-0.05, 0) is 44.0 Å². The Morgan fingerprint density at radius 1 is 1.25 bits per heavy atom. The number of carbonyl (C=O) groups is 1. The standard InChI is InChI=1S/C16H21F3N2O3/c17-16(18,19)11-24-14-6-2-1-5-13(14)23-10-15(22)21-9-12-4-3-7-20-8-12/h1-2,5-6,12,20H,3-4,7-11H2,(H,21,22). The highest BCUT2D eigenvalue weighted by Gasteiger charge is 2.29. The van der Waals surface area contributed by atoms with Crippen LogP contribution in [0, 0.1) is 5.92 Å². The lowest BCUT2D eigenvalue weighted by molar-refractivity contribution is -0.153. The number of carbonyl (C=O) groups excluding carboxylic acids is 1. The van der Waals surface area contributed by atoms with Crippen LogP contribution >= 0.6 is 0 Å². The average molecular weight is 346 g/mol. The Morgan fingerprint density at radius 2 is 1.96 bits per heavy atom. The summed E-state index contributed by atoms with van der Waals surface area (Å²) in [5.74, 6) is 0.145. The van der Waals surface area contributed by atoms with Crippen molar-refractivity contribution in [2.24, 2.45) is 5.92 Å². The Balaban J connectivity index is 1.77. The van der Waals surface area contributed by atoms with Gasteiger partial charge in [-0.3, -0.25) is 4.79 Å². The Hall–Kier alpha value is -1.96. The first-order chi connectivity index (χ1) is 11.4. The fourth-order valence-corrected chi connectivity index (χ4v) is 2.40. The molecule has 24 heavy (non-hydrogen) atoms. The molecule has 1 atom stereocenters. The summed E-state index contributed by atoms with van der Waals surface area (Å²) < 4.78 is 46.7. The molecule has 1 aromatic rings. The summed E-state index contributed by atoms with van der Waals surface area (Å²) in [5, 5.41) is 6.03. The molecule has 1 amide bonds. The highest BCUT2D eigenvalue weighted by molar-refractivity contribution is 5.77. The Labute approximate surface area is 138 Å². The molecule has 1 aliphatic rings. The van der Waals surface area contributed by atoms with Gasteiger partial charge in [0, 0.05) is 6.54 Å². The first-order valence-electron chi connectivity index (χ1n) is 7.83. The zero-order valence-corrected chi connectivity index (χ0v) is 13.2. The smallest absolute Gasteiger partial charge is 0.422 e. The van der Waals surface area contributed by atoms with Gasteiger partial charge in [0.25, 0.3) is 5.91 Å². The molecular formula is C16H21F3N2O3. The van der Waals surface area contributed by atoms with Crippen molar-refractivity contribution in [3.8, 4) is 11.5 Å². The van der Waals surface area contributed by atoms with Crippen molar-refractivity contribution in [2.75, 3.05) is 32.8 Å². The Bertz CT molecular complexity index is 532. The summed E-state index contributed by atoms with van der Waals surface area (Å²) >= 11 is 0. The molecule has 8 heteroatoms. The second-order valence-electron chi connectivity index (χ2n) is 5.66. The Morgan fingerprint density at radius 3 is 2.58 bits per heavy atom. The van der Waals surface area contributed by atoms with Crippen LogP contribution in [-0.4, -0.2) is 44.9 Å². The van der Waals surface area contributed by atoms with Gasteiger partial charge in [0.2, 0.25) is 0 Å². The van der Waals surface area contributed by atoms with Crippen molar-refractivity contribution in [2.45, 2.75) is 19.0 Å². The second kappa shape index (κ2) is 8.77. The molecule has 1 fully saturated rings. The lowest BCUT2D eigenvalue weighted by atomic mass is 10.00. The monoisotopic (exact) mass is 346 g/mol. The fraction of sp³-hybridized carbons (Fsp3) is 0.562. The largest absolute Gasteiger partial charge is 0.480 e. The average Bonchev–Trinajstić information content (AvgIpc) is 2.57. The van der Waals surface area contributed by atoms with Crippen LogP contribution in [0.4, 0.5) is 13.2 Å². The van der Waals surface area contributed by atoms with Gasteiger partial charge in [-0.2, -0.15) is 13.2 Å². The molecule has 1 saturated heterocycles.